The van der Waals surface area contributed by atoms with E-state index in [2.05, 4.69) is 14.8 Å². The number of carbonyl (C=O) groups is 1. The van der Waals surface area contributed by atoms with Crippen molar-refractivity contribution < 1.29 is 21.6 Å². The van der Waals surface area contributed by atoms with E-state index in [-0.39, 0.29) is 21.9 Å². The zero-order chi connectivity index (χ0) is 20.8. The fraction of sp³-hybridized carbons (Fsp3) is 0.278. The first-order chi connectivity index (χ1) is 13.6. The van der Waals surface area contributed by atoms with Crippen LogP contribution in [0.25, 0.3) is 0 Å². The van der Waals surface area contributed by atoms with E-state index in [4.69, 9.17) is 0 Å². The number of carbonyl (C=O) groups excluding carboxylic acids is 1. The lowest BCUT2D eigenvalue weighted by Crippen LogP contribution is -2.35. The van der Waals surface area contributed by atoms with Crippen molar-refractivity contribution in [1.29, 1.82) is 0 Å². The van der Waals surface area contributed by atoms with Crippen LogP contribution in [-0.4, -0.2) is 40.9 Å². The number of anilines is 2. The van der Waals surface area contributed by atoms with Crippen LogP contribution in [0.3, 0.4) is 0 Å². The van der Waals surface area contributed by atoms with E-state index >= 15 is 0 Å². The zero-order valence-corrected chi connectivity index (χ0v) is 17.2. The van der Waals surface area contributed by atoms with Crippen LogP contribution < -0.4 is 14.8 Å². The fourth-order valence-electron chi connectivity index (χ4n) is 2.95. The third kappa shape index (κ3) is 4.21. The number of rotatable bonds is 6. The first kappa shape index (κ1) is 19.7. The molecule has 1 heterocycles. The Kier molecular flexibility index (Phi) is 4.75. The maximum Gasteiger partial charge on any atom is 0.321 e. The monoisotopic (exact) mass is 436 g/mol. The molecule has 3 N–H and O–H groups in total. The second-order valence-corrected chi connectivity index (χ2v) is 10.5. The van der Waals surface area contributed by atoms with E-state index in [1.807, 2.05) is 0 Å². The summed E-state index contributed by atoms with van der Waals surface area (Å²) in [6, 6.07) is 9.66. The van der Waals surface area contributed by atoms with E-state index in [1.54, 1.807) is 25.2 Å². The van der Waals surface area contributed by atoms with Gasteiger partial charge in [0, 0.05) is 31.0 Å². The summed E-state index contributed by atoms with van der Waals surface area (Å²) in [5, 5.41) is 2.72. The third-order valence-corrected chi connectivity index (χ3v) is 7.63. The lowest BCUT2D eigenvalue weighted by molar-refractivity contribution is 0.218. The quantitative estimate of drug-likeness (QED) is 0.638. The van der Waals surface area contributed by atoms with Crippen LogP contribution >= 0.6 is 0 Å². The highest BCUT2D eigenvalue weighted by Crippen LogP contribution is 2.27. The largest absolute Gasteiger partial charge is 0.323 e. The molecule has 29 heavy (non-hydrogen) atoms. The van der Waals surface area contributed by atoms with Crippen LogP contribution in [0.15, 0.2) is 52.3 Å². The van der Waals surface area contributed by atoms with Gasteiger partial charge in [-0.1, -0.05) is 0 Å². The molecule has 0 radical (unpaired) electrons. The van der Waals surface area contributed by atoms with Gasteiger partial charge in [0.05, 0.1) is 9.79 Å². The van der Waals surface area contributed by atoms with E-state index in [1.165, 1.54) is 29.2 Å². The third-order valence-electron chi connectivity index (χ3n) is 4.70. The number of fused-ring (bicyclic) bond motifs is 1. The molecule has 0 atom stereocenters. The molecule has 1 aliphatic carbocycles. The summed E-state index contributed by atoms with van der Waals surface area (Å²) in [6.45, 7) is 0.358. The SMILES string of the molecule is CN1Cc2cc(NS(=O)(=O)c3ccc(S(=O)(=O)NC4CC4)cc3)ccc2NC1=O. The molecule has 0 unspecified atom stereocenters. The number of nitrogens with one attached hydrogen (secondary N) is 3. The van der Waals surface area contributed by atoms with Gasteiger partial charge in [0.1, 0.15) is 0 Å². The van der Waals surface area contributed by atoms with Crippen molar-refractivity contribution in [2.75, 3.05) is 17.1 Å². The molecule has 1 saturated carbocycles. The van der Waals surface area contributed by atoms with Gasteiger partial charge >= 0.3 is 6.03 Å². The summed E-state index contributed by atoms with van der Waals surface area (Å²) < 4.78 is 54.8. The first-order valence-electron chi connectivity index (χ1n) is 8.94. The minimum Gasteiger partial charge on any atom is -0.323 e. The van der Waals surface area contributed by atoms with Crippen LogP contribution in [0.2, 0.25) is 0 Å². The topological polar surface area (TPSA) is 125 Å². The predicted octanol–water partition coefficient (Wildman–Crippen LogP) is 1.91. The van der Waals surface area contributed by atoms with Gasteiger partial charge in [-0.05, 0) is 60.9 Å². The van der Waals surface area contributed by atoms with Gasteiger partial charge in [0.25, 0.3) is 10.0 Å². The van der Waals surface area contributed by atoms with Gasteiger partial charge in [-0.2, -0.15) is 0 Å². The Labute approximate surface area is 169 Å². The average Bonchev–Trinajstić information content (AvgIpc) is 3.46. The molecule has 9 nitrogen and oxygen atoms in total. The summed E-state index contributed by atoms with van der Waals surface area (Å²) >= 11 is 0. The molecular formula is C18H20N4O5S2. The lowest BCUT2D eigenvalue weighted by Gasteiger charge is -2.26. The van der Waals surface area contributed by atoms with Crippen molar-refractivity contribution in [2.24, 2.45) is 0 Å². The molecular weight excluding hydrogens is 416 g/mol. The van der Waals surface area contributed by atoms with Crippen molar-refractivity contribution in [3.63, 3.8) is 0 Å². The Morgan fingerprint density at radius 2 is 1.59 bits per heavy atom. The van der Waals surface area contributed by atoms with Gasteiger partial charge in [-0.3, -0.25) is 4.72 Å². The molecule has 2 amide bonds. The lowest BCUT2D eigenvalue weighted by atomic mass is 10.1. The Morgan fingerprint density at radius 1 is 0.966 bits per heavy atom. The molecule has 1 aliphatic heterocycles. The molecule has 2 aromatic carbocycles. The summed E-state index contributed by atoms with van der Waals surface area (Å²) in [6.07, 6.45) is 1.63. The van der Waals surface area contributed by atoms with Crippen LogP contribution in [0.4, 0.5) is 16.2 Å². The molecule has 11 heteroatoms. The normalized spacial score (nSPS) is 16.9. The van der Waals surface area contributed by atoms with E-state index in [0.29, 0.717) is 17.9 Å². The molecule has 0 spiro atoms. The highest BCUT2D eigenvalue weighted by atomic mass is 32.2. The Hall–Kier alpha value is -2.63. The minimum absolute atomic E-state index is 0.0240. The van der Waals surface area contributed by atoms with Crippen LogP contribution in [0.5, 0.6) is 0 Å². The second-order valence-electron chi connectivity index (χ2n) is 7.13. The van der Waals surface area contributed by atoms with Crippen molar-refractivity contribution in [2.45, 2.75) is 35.2 Å². The van der Waals surface area contributed by atoms with Crippen molar-refractivity contribution in [3.8, 4) is 0 Å². The number of hydrogen-bond donors (Lipinski definition) is 3. The summed E-state index contributed by atoms with van der Waals surface area (Å²) in [4.78, 5) is 13.1. The highest BCUT2D eigenvalue weighted by Gasteiger charge is 2.28. The molecule has 2 aromatic rings. The molecule has 154 valence electrons. The van der Waals surface area contributed by atoms with Gasteiger partial charge in [-0.25, -0.2) is 26.4 Å². The van der Waals surface area contributed by atoms with Crippen molar-refractivity contribution in [3.05, 3.63) is 48.0 Å². The zero-order valence-electron chi connectivity index (χ0n) is 15.5. The first-order valence-corrected chi connectivity index (χ1v) is 11.9. The van der Waals surface area contributed by atoms with Crippen LogP contribution in [0.1, 0.15) is 18.4 Å². The second kappa shape index (κ2) is 7.01. The Balaban J connectivity index is 1.53. The maximum absolute atomic E-state index is 12.7. The smallest absolute Gasteiger partial charge is 0.321 e. The number of sulfonamides is 2. The van der Waals surface area contributed by atoms with Crippen molar-refractivity contribution >= 4 is 37.5 Å². The highest BCUT2D eigenvalue weighted by molar-refractivity contribution is 7.92. The Morgan fingerprint density at radius 3 is 2.21 bits per heavy atom. The van der Waals surface area contributed by atoms with Crippen molar-refractivity contribution in [1.82, 2.24) is 9.62 Å². The van der Waals surface area contributed by atoms with Crippen LogP contribution in [0, 0.1) is 0 Å². The molecule has 0 bridgehead atoms. The number of benzene rings is 2. The average molecular weight is 437 g/mol. The molecule has 2 aliphatic rings. The molecule has 1 fully saturated rings. The standard InChI is InChI=1S/C18H20N4O5S2/c1-22-11-12-10-14(4-9-17(12)19-18(22)23)21-29(26,27)16-7-5-15(6-8-16)28(24,25)20-13-2-3-13/h4-10,13,20-21H,2-3,11H2,1H3,(H,19,23). The van der Waals surface area contributed by atoms with Gasteiger partial charge in [0.2, 0.25) is 10.0 Å². The molecule has 0 aromatic heterocycles. The number of hydrogen-bond acceptors (Lipinski definition) is 5. The van der Waals surface area contributed by atoms with Crippen LogP contribution in [-0.2, 0) is 26.6 Å². The van der Waals surface area contributed by atoms with Gasteiger partial charge in [0.15, 0.2) is 0 Å². The molecule has 0 saturated heterocycles. The summed E-state index contributed by atoms with van der Waals surface area (Å²) in [5.41, 5.74) is 1.76. The number of urea groups is 1. The molecule has 4 rings (SSSR count). The van der Waals surface area contributed by atoms with E-state index < -0.39 is 20.0 Å². The summed E-state index contributed by atoms with van der Waals surface area (Å²) in [7, 11) is -5.90. The number of amides is 2. The predicted molar refractivity (Wildman–Crippen MR) is 108 cm³/mol. The van der Waals surface area contributed by atoms with E-state index in [0.717, 1.165) is 18.4 Å². The van der Waals surface area contributed by atoms with E-state index in [9.17, 15) is 21.6 Å². The number of nitrogens with zero attached hydrogens (tertiary/aromatic N) is 1. The van der Waals surface area contributed by atoms with Gasteiger partial charge in [-0.15, -0.1) is 0 Å². The fourth-order valence-corrected chi connectivity index (χ4v) is 5.30. The maximum atomic E-state index is 12.7. The summed E-state index contributed by atoms with van der Waals surface area (Å²) in [5.74, 6) is 0. The van der Waals surface area contributed by atoms with Gasteiger partial charge < -0.3 is 10.2 Å². The Bertz CT molecular complexity index is 1170. The minimum atomic E-state index is -3.90.